The van der Waals surface area contributed by atoms with Crippen LogP contribution in [-0.2, 0) is 16.1 Å². The Morgan fingerprint density at radius 2 is 1.77 bits per heavy atom. The molecule has 0 unspecified atom stereocenters. The number of aliphatic imine (C=N–C) groups is 1. The fraction of sp³-hybridized carbons (Fsp3) is 0.214. The van der Waals surface area contributed by atoms with Crippen molar-refractivity contribution in [1.29, 1.82) is 0 Å². The number of rotatable bonds is 7. The molecular weight excluding hydrogens is 445 g/mol. The van der Waals surface area contributed by atoms with E-state index in [2.05, 4.69) is 10.3 Å². The van der Waals surface area contributed by atoms with Gasteiger partial charge in [-0.1, -0.05) is 42.5 Å². The Bertz CT molecular complexity index is 1350. The number of hydrogen-bond donors (Lipinski definition) is 3. The van der Waals surface area contributed by atoms with Gasteiger partial charge in [0.2, 0.25) is 0 Å². The first-order valence-corrected chi connectivity index (χ1v) is 11.4. The molecule has 0 saturated carbocycles. The fourth-order valence-electron chi connectivity index (χ4n) is 3.76. The number of aromatic hydroxyl groups is 1. The van der Waals surface area contributed by atoms with Crippen LogP contribution in [0.25, 0.3) is 10.9 Å². The van der Waals surface area contributed by atoms with Crippen LogP contribution in [0.15, 0.2) is 77.8 Å². The number of aromatic nitrogens is 1. The third-order valence-electron chi connectivity index (χ3n) is 5.22. The van der Waals surface area contributed by atoms with Crippen molar-refractivity contribution >= 4 is 28.3 Å². The predicted molar refractivity (Wildman–Crippen MR) is 136 cm³/mol. The van der Waals surface area contributed by atoms with Crippen molar-refractivity contribution in [3.05, 3.63) is 95.3 Å². The molecule has 7 heteroatoms. The minimum absolute atomic E-state index is 0.0730. The van der Waals surface area contributed by atoms with Gasteiger partial charge in [-0.25, -0.2) is 9.38 Å². The van der Waals surface area contributed by atoms with Crippen LogP contribution in [0.4, 0.5) is 10.1 Å². The summed E-state index contributed by atoms with van der Waals surface area (Å²) in [5.41, 5.74) is 3.55. The lowest BCUT2D eigenvalue weighted by Gasteiger charge is -2.19. The van der Waals surface area contributed by atoms with E-state index in [1.54, 1.807) is 6.07 Å². The highest BCUT2D eigenvalue weighted by molar-refractivity contribution is 6.21. The molecule has 0 atom stereocenters. The zero-order chi connectivity index (χ0) is 25.0. The minimum atomic E-state index is -0.512. The zero-order valence-electron chi connectivity index (χ0n) is 19.9. The van der Waals surface area contributed by atoms with Gasteiger partial charge in [0.05, 0.1) is 29.0 Å². The Morgan fingerprint density at radius 3 is 2.46 bits per heavy atom. The average Bonchev–Trinajstić information content (AvgIpc) is 3.12. The van der Waals surface area contributed by atoms with E-state index in [1.165, 1.54) is 12.1 Å². The molecule has 0 amide bonds. The number of H-pyrrole nitrogens is 1. The summed E-state index contributed by atoms with van der Waals surface area (Å²) < 4.78 is 19.0. The number of nitrogens with zero attached hydrogens (tertiary/aromatic N) is 1. The number of fused-ring (bicyclic) bond motifs is 1. The SMILES string of the molecule is CC(C)(C)OC(=O)CNCc1ccc(N=C(c2ccccc2)c2c(O)[nH]c3cc(F)ccc23)cc1. The van der Waals surface area contributed by atoms with Gasteiger partial charge >= 0.3 is 5.97 Å². The number of carbonyl (C=O) groups is 1. The molecule has 35 heavy (non-hydrogen) atoms. The number of esters is 1. The topological polar surface area (TPSA) is 86.7 Å². The summed E-state index contributed by atoms with van der Waals surface area (Å²) in [6, 6.07) is 21.5. The molecule has 0 spiro atoms. The largest absolute Gasteiger partial charge is 0.494 e. The lowest BCUT2D eigenvalue weighted by molar-refractivity contribution is -0.153. The maximum Gasteiger partial charge on any atom is 0.320 e. The fourth-order valence-corrected chi connectivity index (χ4v) is 3.76. The van der Waals surface area contributed by atoms with E-state index in [4.69, 9.17) is 9.73 Å². The number of benzene rings is 3. The van der Waals surface area contributed by atoms with Crippen molar-refractivity contribution in [3.63, 3.8) is 0 Å². The summed E-state index contributed by atoms with van der Waals surface area (Å²) in [5.74, 6) is -0.764. The number of nitrogens with one attached hydrogen (secondary N) is 2. The van der Waals surface area contributed by atoms with Crippen LogP contribution in [0.2, 0.25) is 0 Å². The summed E-state index contributed by atoms with van der Waals surface area (Å²) >= 11 is 0. The molecule has 4 rings (SSSR count). The minimum Gasteiger partial charge on any atom is -0.494 e. The molecule has 0 fully saturated rings. The van der Waals surface area contributed by atoms with E-state index in [-0.39, 0.29) is 24.2 Å². The average molecular weight is 474 g/mol. The molecule has 0 saturated heterocycles. The van der Waals surface area contributed by atoms with Gasteiger partial charge in [-0.05, 0) is 56.7 Å². The van der Waals surface area contributed by atoms with Gasteiger partial charge in [0.25, 0.3) is 0 Å². The highest BCUT2D eigenvalue weighted by Crippen LogP contribution is 2.32. The van der Waals surface area contributed by atoms with E-state index >= 15 is 0 Å². The van der Waals surface area contributed by atoms with Crippen LogP contribution in [0, 0.1) is 5.82 Å². The van der Waals surface area contributed by atoms with Crippen molar-refractivity contribution in [2.24, 2.45) is 4.99 Å². The number of hydrogen-bond acceptors (Lipinski definition) is 5. The van der Waals surface area contributed by atoms with E-state index in [9.17, 15) is 14.3 Å². The monoisotopic (exact) mass is 473 g/mol. The highest BCUT2D eigenvalue weighted by atomic mass is 19.1. The number of carbonyl (C=O) groups excluding carboxylic acids is 1. The van der Waals surface area contributed by atoms with Crippen molar-refractivity contribution in [2.75, 3.05) is 6.54 Å². The second-order valence-corrected chi connectivity index (χ2v) is 9.22. The van der Waals surface area contributed by atoms with Gasteiger partial charge in [-0.3, -0.25) is 4.79 Å². The molecule has 0 radical (unpaired) electrons. The predicted octanol–water partition coefficient (Wildman–Crippen LogP) is 5.61. The molecular formula is C28H28FN3O3. The lowest BCUT2D eigenvalue weighted by Crippen LogP contribution is -2.31. The van der Waals surface area contributed by atoms with E-state index in [0.29, 0.717) is 34.4 Å². The maximum absolute atomic E-state index is 13.7. The Labute approximate surface area is 203 Å². The lowest BCUT2D eigenvalue weighted by atomic mass is 10.0. The van der Waals surface area contributed by atoms with Gasteiger partial charge in [-0.15, -0.1) is 0 Å². The Balaban J connectivity index is 1.59. The normalized spacial score (nSPS) is 12.2. The molecule has 0 aliphatic heterocycles. The number of halogens is 1. The number of aromatic amines is 1. The first kappa shape index (κ1) is 24.2. The van der Waals surface area contributed by atoms with Gasteiger partial charge < -0.3 is 20.1 Å². The molecule has 6 nitrogen and oxygen atoms in total. The molecule has 3 N–H and O–H groups in total. The summed E-state index contributed by atoms with van der Waals surface area (Å²) in [7, 11) is 0. The van der Waals surface area contributed by atoms with Crippen LogP contribution in [-0.4, -0.2) is 33.9 Å². The molecule has 3 aromatic carbocycles. The Kier molecular flexibility index (Phi) is 6.98. The molecule has 0 aliphatic rings. The first-order chi connectivity index (χ1) is 16.7. The van der Waals surface area contributed by atoms with E-state index in [0.717, 1.165) is 11.1 Å². The quantitative estimate of drug-likeness (QED) is 0.240. The summed E-state index contributed by atoms with van der Waals surface area (Å²) in [4.78, 5) is 19.6. The second-order valence-electron chi connectivity index (χ2n) is 9.22. The van der Waals surface area contributed by atoms with E-state index < -0.39 is 5.60 Å². The second kappa shape index (κ2) is 10.1. The third kappa shape index (κ3) is 6.13. The molecule has 1 heterocycles. The Morgan fingerprint density at radius 1 is 1.06 bits per heavy atom. The third-order valence-corrected chi connectivity index (χ3v) is 5.22. The molecule has 4 aromatic rings. The van der Waals surface area contributed by atoms with Crippen molar-refractivity contribution in [2.45, 2.75) is 32.9 Å². The van der Waals surface area contributed by atoms with E-state index in [1.807, 2.05) is 75.4 Å². The number of ether oxygens (including phenoxy) is 1. The standard InChI is InChI=1S/C28H28FN3O3/c1-28(2,3)35-24(33)17-30-16-18-9-12-21(13-10-18)31-26(19-7-5-4-6-8-19)25-22-14-11-20(29)15-23(22)32-27(25)34/h4-15,30,32,34H,16-17H2,1-3H3. The van der Waals surface area contributed by atoms with Crippen LogP contribution in [0.1, 0.15) is 37.5 Å². The van der Waals surface area contributed by atoms with Crippen molar-refractivity contribution < 1.29 is 19.0 Å². The smallest absolute Gasteiger partial charge is 0.320 e. The maximum atomic E-state index is 13.7. The summed E-state index contributed by atoms with van der Waals surface area (Å²) in [5, 5.41) is 14.4. The van der Waals surface area contributed by atoms with Gasteiger partial charge in [0.1, 0.15) is 11.4 Å². The molecule has 0 bridgehead atoms. The Hall–Kier alpha value is -3.97. The molecule has 180 valence electrons. The zero-order valence-corrected chi connectivity index (χ0v) is 19.9. The van der Waals surface area contributed by atoms with Crippen molar-refractivity contribution in [1.82, 2.24) is 10.3 Å². The van der Waals surface area contributed by atoms with Crippen molar-refractivity contribution in [3.8, 4) is 5.88 Å². The molecule has 0 aliphatic carbocycles. The van der Waals surface area contributed by atoms with Crippen LogP contribution in [0.5, 0.6) is 5.88 Å². The van der Waals surface area contributed by atoms with Crippen LogP contribution in [0.3, 0.4) is 0 Å². The van der Waals surface area contributed by atoms with Gasteiger partial charge in [-0.2, -0.15) is 0 Å². The van der Waals surface area contributed by atoms with Gasteiger partial charge in [0, 0.05) is 17.5 Å². The first-order valence-electron chi connectivity index (χ1n) is 11.4. The van der Waals surface area contributed by atoms with Gasteiger partial charge in [0.15, 0.2) is 5.88 Å². The molecule has 1 aromatic heterocycles. The highest BCUT2D eigenvalue weighted by Gasteiger charge is 2.19. The van der Waals surface area contributed by atoms with Crippen LogP contribution < -0.4 is 5.32 Å². The summed E-state index contributed by atoms with van der Waals surface area (Å²) in [6.45, 7) is 6.13. The van der Waals surface area contributed by atoms with Crippen LogP contribution >= 0.6 is 0 Å². The summed E-state index contributed by atoms with van der Waals surface area (Å²) in [6.07, 6.45) is 0.